The van der Waals surface area contributed by atoms with E-state index in [1.165, 1.54) is 12.8 Å². The van der Waals surface area contributed by atoms with Crippen molar-refractivity contribution in [1.29, 1.82) is 0 Å². The fourth-order valence-corrected chi connectivity index (χ4v) is 3.95. The fourth-order valence-electron chi connectivity index (χ4n) is 3.95. The number of aliphatic imine (C=N–C) groups is 1. The van der Waals surface area contributed by atoms with Crippen LogP contribution >= 0.6 is 0 Å². The van der Waals surface area contributed by atoms with E-state index >= 15 is 0 Å². The third kappa shape index (κ3) is 5.66. The van der Waals surface area contributed by atoms with Crippen LogP contribution in [0, 0.1) is 5.82 Å². The second-order valence-electron chi connectivity index (χ2n) is 8.21. The van der Waals surface area contributed by atoms with Crippen molar-refractivity contribution in [2.24, 2.45) is 4.99 Å². The van der Waals surface area contributed by atoms with Crippen LogP contribution in [0.1, 0.15) is 44.2 Å². The fraction of sp³-hybridized carbons (Fsp3) is 0.667. The Hall–Kier alpha value is -1.66. The molecule has 1 heterocycles. The Morgan fingerprint density at radius 3 is 2.78 bits per heavy atom. The number of hydrogen-bond donors (Lipinski definition) is 2. The van der Waals surface area contributed by atoms with Gasteiger partial charge in [0.15, 0.2) is 5.96 Å². The van der Waals surface area contributed by atoms with Crippen molar-refractivity contribution in [2.75, 3.05) is 27.2 Å². The number of guanidine groups is 1. The summed E-state index contributed by atoms with van der Waals surface area (Å²) in [6.45, 7) is 7.48. The van der Waals surface area contributed by atoms with Crippen LogP contribution in [0.15, 0.2) is 23.2 Å². The molecular weight excluding hydrogens is 341 g/mol. The quantitative estimate of drug-likeness (QED) is 0.568. The summed E-state index contributed by atoms with van der Waals surface area (Å²) in [6, 6.07) is 7.19. The van der Waals surface area contributed by atoms with E-state index in [1.807, 2.05) is 31.1 Å². The topological polar surface area (TPSA) is 42.9 Å². The number of hydrogen-bond acceptors (Lipinski definition) is 3. The molecule has 6 heteroatoms. The number of likely N-dealkylation sites (tertiary alicyclic amines) is 1. The molecule has 0 aromatic heterocycles. The number of nitrogens with one attached hydrogen (secondary N) is 2. The highest BCUT2D eigenvalue weighted by Gasteiger charge is 2.38. The van der Waals surface area contributed by atoms with E-state index in [1.54, 1.807) is 6.07 Å². The molecule has 0 amide bonds. The summed E-state index contributed by atoms with van der Waals surface area (Å²) in [5.41, 5.74) is 1.75. The molecule has 5 nitrogen and oxygen atoms in total. The van der Waals surface area contributed by atoms with Gasteiger partial charge in [0.2, 0.25) is 0 Å². The van der Waals surface area contributed by atoms with E-state index in [9.17, 15) is 4.39 Å². The third-order valence-corrected chi connectivity index (χ3v) is 5.34. The molecule has 27 heavy (non-hydrogen) atoms. The zero-order valence-electron chi connectivity index (χ0n) is 17.1. The summed E-state index contributed by atoms with van der Waals surface area (Å²) < 4.78 is 14.0. The summed E-state index contributed by atoms with van der Waals surface area (Å²) in [4.78, 5) is 9.36. The molecule has 1 aromatic carbocycles. The molecule has 2 atom stereocenters. The van der Waals surface area contributed by atoms with Crippen molar-refractivity contribution in [3.8, 4) is 0 Å². The molecule has 2 unspecified atom stereocenters. The van der Waals surface area contributed by atoms with Gasteiger partial charge in [-0.2, -0.15) is 0 Å². The number of nitrogens with zero attached hydrogens (tertiary/aromatic N) is 3. The van der Waals surface area contributed by atoms with Crippen LogP contribution < -0.4 is 10.6 Å². The van der Waals surface area contributed by atoms with Gasteiger partial charge in [-0.15, -0.1) is 0 Å². The Kier molecular flexibility index (Phi) is 6.71. The lowest BCUT2D eigenvalue weighted by Gasteiger charge is -2.20. The van der Waals surface area contributed by atoms with Gasteiger partial charge in [-0.3, -0.25) is 4.90 Å². The van der Waals surface area contributed by atoms with Gasteiger partial charge in [0, 0.05) is 43.3 Å². The highest BCUT2D eigenvalue weighted by Crippen LogP contribution is 2.33. The highest BCUT2D eigenvalue weighted by molar-refractivity contribution is 5.80. The molecule has 0 spiro atoms. The largest absolute Gasteiger partial charge is 0.357 e. The Bertz CT molecular complexity index is 656. The van der Waals surface area contributed by atoms with Crippen molar-refractivity contribution in [3.63, 3.8) is 0 Å². The van der Waals surface area contributed by atoms with Crippen LogP contribution in [0.5, 0.6) is 0 Å². The Morgan fingerprint density at radius 2 is 2.11 bits per heavy atom. The maximum absolute atomic E-state index is 14.0. The van der Waals surface area contributed by atoms with E-state index in [-0.39, 0.29) is 5.82 Å². The van der Waals surface area contributed by atoms with Crippen LogP contribution in [-0.2, 0) is 13.1 Å². The zero-order chi connectivity index (χ0) is 19.4. The van der Waals surface area contributed by atoms with E-state index in [4.69, 9.17) is 4.99 Å². The Balaban J connectivity index is 1.62. The van der Waals surface area contributed by atoms with Crippen molar-refractivity contribution in [1.82, 2.24) is 20.4 Å². The standard InChI is InChI=1S/C21H34FN5/c1-5-23-21(25-18-10-15(2)27(14-18)19-7-8-19)24-12-16-6-9-20(22)17(11-16)13-26(3)4/h6,9,11,15,18-19H,5,7-8,10,12-14H2,1-4H3,(H2,23,24,25). The number of rotatable bonds is 7. The van der Waals surface area contributed by atoms with E-state index in [2.05, 4.69) is 29.4 Å². The van der Waals surface area contributed by atoms with Crippen LogP contribution in [-0.4, -0.2) is 61.1 Å². The first kappa shape index (κ1) is 20.1. The Morgan fingerprint density at radius 1 is 1.33 bits per heavy atom. The lowest BCUT2D eigenvalue weighted by molar-refractivity contribution is 0.256. The summed E-state index contributed by atoms with van der Waals surface area (Å²) in [5, 5.41) is 6.95. The monoisotopic (exact) mass is 375 g/mol. The molecule has 2 fully saturated rings. The number of halogens is 1. The van der Waals surface area contributed by atoms with Gasteiger partial charge in [0.1, 0.15) is 5.82 Å². The Labute approximate surface area is 163 Å². The molecule has 1 saturated heterocycles. The van der Waals surface area contributed by atoms with Gasteiger partial charge in [-0.05, 0) is 64.9 Å². The van der Waals surface area contributed by atoms with E-state index in [0.29, 0.717) is 25.2 Å². The average molecular weight is 376 g/mol. The summed E-state index contributed by atoms with van der Waals surface area (Å²) >= 11 is 0. The summed E-state index contributed by atoms with van der Waals surface area (Å²) in [7, 11) is 3.90. The van der Waals surface area contributed by atoms with E-state index < -0.39 is 0 Å². The van der Waals surface area contributed by atoms with Crippen molar-refractivity contribution >= 4 is 5.96 Å². The molecule has 2 N–H and O–H groups in total. The highest BCUT2D eigenvalue weighted by atomic mass is 19.1. The molecule has 1 aromatic rings. The van der Waals surface area contributed by atoms with Crippen LogP contribution in [0.3, 0.4) is 0 Å². The predicted octanol–water partition coefficient (Wildman–Crippen LogP) is 2.57. The molecule has 1 aliphatic heterocycles. The van der Waals surface area contributed by atoms with Gasteiger partial charge in [0.05, 0.1) is 6.54 Å². The van der Waals surface area contributed by atoms with Crippen molar-refractivity contribution in [3.05, 3.63) is 35.1 Å². The molecule has 150 valence electrons. The lowest BCUT2D eigenvalue weighted by atomic mass is 10.1. The molecule has 3 rings (SSSR count). The van der Waals surface area contributed by atoms with Crippen molar-refractivity contribution in [2.45, 2.75) is 64.3 Å². The van der Waals surface area contributed by atoms with Crippen LogP contribution in [0.4, 0.5) is 4.39 Å². The molecule has 0 bridgehead atoms. The predicted molar refractivity (Wildman–Crippen MR) is 109 cm³/mol. The van der Waals surface area contributed by atoms with Crippen LogP contribution in [0.25, 0.3) is 0 Å². The first-order valence-electron chi connectivity index (χ1n) is 10.2. The summed E-state index contributed by atoms with van der Waals surface area (Å²) in [6.07, 6.45) is 3.86. The molecule has 1 aliphatic carbocycles. The van der Waals surface area contributed by atoms with Gasteiger partial charge in [-0.1, -0.05) is 6.07 Å². The zero-order valence-corrected chi connectivity index (χ0v) is 17.1. The minimum absolute atomic E-state index is 0.151. The minimum atomic E-state index is -0.151. The molecular formula is C21H34FN5. The van der Waals surface area contributed by atoms with Crippen LogP contribution in [0.2, 0.25) is 0 Å². The third-order valence-electron chi connectivity index (χ3n) is 5.34. The maximum Gasteiger partial charge on any atom is 0.191 e. The summed E-state index contributed by atoms with van der Waals surface area (Å²) in [5.74, 6) is 0.701. The second kappa shape index (κ2) is 9.02. The lowest BCUT2D eigenvalue weighted by Crippen LogP contribution is -2.44. The van der Waals surface area contributed by atoms with Gasteiger partial charge < -0.3 is 15.5 Å². The van der Waals surface area contributed by atoms with E-state index in [0.717, 1.165) is 42.6 Å². The molecule has 1 saturated carbocycles. The van der Waals surface area contributed by atoms with Gasteiger partial charge in [-0.25, -0.2) is 9.38 Å². The molecule has 0 radical (unpaired) electrons. The van der Waals surface area contributed by atoms with Gasteiger partial charge in [0.25, 0.3) is 0 Å². The van der Waals surface area contributed by atoms with Crippen molar-refractivity contribution < 1.29 is 4.39 Å². The van der Waals surface area contributed by atoms with Gasteiger partial charge >= 0.3 is 0 Å². The first-order valence-corrected chi connectivity index (χ1v) is 10.2. The molecule has 2 aliphatic rings. The minimum Gasteiger partial charge on any atom is -0.357 e. The SMILES string of the molecule is CCNC(=NCc1ccc(F)c(CN(C)C)c1)NC1CC(C)N(C2CC2)C1. The first-order chi connectivity index (χ1) is 13.0. The smallest absolute Gasteiger partial charge is 0.191 e. The second-order valence-corrected chi connectivity index (χ2v) is 8.21. The normalized spacial score (nSPS) is 23.9. The number of benzene rings is 1. The average Bonchev–Trinajstić information content (AvgIpc) is 3.38. The maximum atomic E-state index is 14.0.